The molecule has 2 aromatic rings. The number of halogens is 1. The number of aromatic nitrogens is 1. The first-order valence-corrected chi connectivity index (χ1v) is 9.07. The lowest BCUT2D eigenvalue weighted by Crippen LogP contribution is -2.36. The Morgan fingerprint density at radius 2 is 1.96 bits per heavy atom. The first kappa shape index (κ1) is 19.9. The SMILES string of the molecule is C.N#C/C(=C\c1cccc(Br)n1)C(=O)N[C@@H](c1ccccc1)C1CCC1. The van der Waals surface area contributed by atoms with Crippen LogP contribution in [0.5, 0.6) is 0 Å². The Bertz CT molecular complexity index is 823. The van der Waals surface area contributed by atoms with Crippen LogP contribution in [0.4, 0.5) is 0 Å². The number of hydrogen-bond acceptors (Lipinski definition) is 3. The second-order valence-corrected chi connectivity index (χ2v) is 6.92. The smallest absolute Gasteiger partial charge is 0.262 e. The van der Waals surface area contributed by atoms with E-state index in [1.165, 1.54) is 12.5 Å². The van der Waals surface area contributed by atoms with Crippen LogP contribution in [-0.4, -0.2) is 10.9 Å². The topological polar surface area (TPSA) is 65.8 Å². The molecule has 1 aromatic carbocycles. The maximum Gasteiger partial charge on any atom is 0.262 e. The van der Waals surface area contributed by atoms with Crippen LogP contribution < -0.4 is 5.32 Å². The molecule has 1 aromatic heterocycles. The average Bonchev–Trinajstić information content (AvgIpc) is 2.58. The average molecular weight is 412 g/mol. The van der Waals surface area contributed by atoms with E-state index in [1.54, 1.807) is 12.1 Å². The van der Waals surface area contributed by atoms with Gasteiger partial charge in [-0.25, -0.2) is 4.98 Å². The van der Waals surface area contributed by atoms with Gasteiger partial charge in [-0.2, -0.15) is 5.26 Å². The molecular weight excluding hydrogens is 390 g/mol. The molecule has 0 radical (unpaired) electrons. The normalized spacial score (nSPS) is 15.2. The highest BCUT2D eigenvalue weighted by Crippen LogP contribution is 2.37. The Kier molecular flexibility index (Phi) is 7.11. The molecule has 1 aliphatic carbocycles. The highest BCUT2D eigenvalue weighted by atomic mass is 79.9. The summed E-state index contributed by atoms with van der Waals surface area (Å²) in [5.41, 5.74) is 1.71. The quantitative estimate of drug-likeness (QED) is 0.425. The summed E-state index contributed by atoms with van der Waals surface area (Å²) in [5, 5.41) is 12.5. The number of amides is 1. The molecular formula is C21H22BrN3O. The van der Waals surface area contributed by atoms with Crippen LogP contribution in [-0.2, 0) is 4.79 Å². The van der Waals surface area contributed by atoms with Gasteiger partial charge in [-0.1, -0.05) is 50.2 Å². The number of carbonyl (C=O) groups excluding carboxylic acids is 1. The molecule has 1 aliphatic rings. The predicted molar refractivity (Wildman–Crippen MR) is 107 cm³/mol. The van der Waals surface area contributed by atoms with Crippen molar-refractivity contribution in [1.29, 1.82) is 5.26 Å². The summed E-state index contributed by atoms with van der Waals surface area (Å²) < 4.78 is 0.663. The highest BCUT2D eigenvalue weighted by molar-refractivity contribution is 9.10. The van der Waals surface area contributed by atoms with Gasteiger partial charge in [0.05, 0.1) is 11.7 Å². The fraction of sp³-hybridized carbons (Fsp3) is 0.286. The van der Waals surface area contributed by atoms with Crippen molar-refractivity contribution < 1.29 is 4.79 Å². The van der Waals surface area contributed by atoms with E-state index in [0.29, 0.717) is 16.2 Å². The van der Waals surface area contributed by atoms with Crippen LogP contribution in [0, 0.1) is 17.2 Å². The Hall–Kier alpha value is -2.45. The van der Waals surface area contributed by atoms with Crippen LogP contribution in [0.1, 0.15) is 44.0 Å². The van der Waals surface area contributed by atoms with Gasteiger partial charge in [-0.05, 0) is 58.5 Å². The van der Waals surface area contributed by atoms with E-state index in [9.17, 15) is 10.1 Å². The Labute approximate surface area is 163 Å². The summed E-state index contributed by atoms with van der Waals surface area (Å²) in [6.07, 6.45) is 4.90. The largest absolute Gasteiger partial charge is 0.344 e. The maximum absolute atomic E-state index is 12.7. The molecule has 1 amide bonds. The van der Waals surface area contributed by atoms with Gasteiger partial charge >= 0.3 is 0 Å². The molecule has 1 N–H and O–H groups in total. The number of carbonyl (C=O) groups is 1. The second-order valence-electron chi connectivity index (χ2n) is 6.11. The maximum atomic E-state index is 12.7. The molecule has 4 nitrogen and oxygen atoms in total. The molecule has 0 aliphatic heterocycles. The lowest BCUT2D eigenvalue weighted by Gasteiger charge is -2.34. The number of nitriles is 1. The molecule has 1 saturated carbocycles. The van der Waals surface area contributed by atoms with E-state index in [2.05, 4.69) is 26.2 Å². The fourth-order valence-electron chi connectivity index (χ4n) is 2.93. The molecule has 0 spiro atoms. The zero-order chi connectivity index (χ0) is 17.6. The van der Waals surface area contributed by atoms with E-state index in [-0.39, 0.29) is 24.9 Å². The lowest BCUT2D eigenvalue weighted by atomic mass is 9.77. The Morgan fingerprint density at radius 3 is 2.54 bits per heavy atom. The van der Waals surface area contributed by atoms with Crippen LogP contribution in [0.25, 0.3) is 6.08 Å². The van der Waals surface area contributed by atoms with Gasteiger partial charge in [0.15, 0.2) is 0 Å². The van der Waals surface area contributed by atoms with E-state index < -0.39 is 0 Å². The first-order valence-electron chi connectivity index (χ1n) is 8.27. The van der Waals surface area contributed by atoms with Crippen LogP contribution in [0.3, 0.4) is 0 Å². The van der Waals surface area contributed by atoms with Gasteiger partial charge in [0, 0.05) is 0 Å². The molecule has 1 heterocycles. The van der Waals surface area contributed by atoms with Gasteiger partial charge < -0.3 is 5.32 Å². The Morgan fingerprint density at radius 1 is 1.23 bits per heavy atom. The molecule has 134 valence electrons. The van der Waals surface area contributed by atoms with E-state index in [4.69, 9.17) is 0 Å². The number of nitrogens with zero attached hydrogens (tertiary/aromatic N) is 2. The number of benzene rings is 1. The third-order valence-corrected chi connectivity index (χ3v) is 4.90. The fourth-order valence-corrected chi connectivity index (χ4v) is 3.28. The number of hydrogen-bond donors (Lipinski definition) is 1. The van der Waals surface area contributed by atoms with Gasteiger partial charge in [-0.15, -0.1) is 0 Å². The molecule has 0 unspecified atom stereocenters. The summed E-state index contributed by atoms with van der Waals surface area (Å²) in [5.74, 6) is 0.0697. The molecule has 26 heavy (non-hydrogen) atoms. The monoisotopic (exact) mass is 411 g/mol. The van der Waals surface area contributed by atoms with E-state index in [0.717, 1.165) is 18.4 Å². The summed E-state index contributed by atoms with van der Waals surface area (Å²) in [6, 6.07) is 17.3. The molecule has 0 saturated heterocycles. The van der Waals surface area contributed by atoms with Gasteiger partial charge in [-0.3, -0.25) is 4.79 Å². The van der Waals surface area contributed by atoms with Crippen molar-refractivity contribution in [2.45, 2.75) is 32.7 Å². The van der Waals surface area contributed by atoms with Crippen LogP contribution in [0.15, 0.2) is 58.7 Å². The lowest BCUT2D eigenvalue weighted by molar-refractivity contribution is -0.118. The predicted octanol–water partition coefficient (Wildman–Crippen LogP) is 5.04. The standard InChI is InChI=1S/C20H18BrN3O.CH4/c21-18-11-5-10-17(23-18)12-16(13-22)20(25)24-19(15-8-4-9-15)14-6-2-1-3-7-14;/h1-3,5-7,10-12,15,19H,4,8-9H2,(H,24,25);1H4/b16-12+;/t19-;/m0./s1. The van der Waals surface area contributed by atoms with Crippen molar-refractivity contribution in [2.75, 3.05) is 0 Å². The van der Waals surface area contributed by atoms with Gasteiger partial charge in [0.2, 0.25) is 0 Å². The second kappa shape index (κ2) is 9.30. The van der Waals surface area contributed by atoms with Crippen molar-refractivity contribution in [3.63, 3.8) is 0 Å². The van der Waals surface area contributed by atoms with E-state index in [1.807, 2.05) is 42.5 Å². The number of rotatable bonds is 5. The van der Waals surface area contributed by atoms with Crippen molar-refractivity contribution in [2.24, 2.45) is 5.92 Å². The van der Waals surface area contributed by atoms with Crippen molar-refractivity contribution in [1.82, 2.24) is 10.3 Å². The molecule has 5 heteroatoms. The number of pyridine rings is 1. The summed E-state index contributed by atoms with van der Waals surface area (Å²) in [4.78, 5) is 16.9. The van der Waals surface area contributed by atoms with Crippen molar-refractivity contribution >= 4 is 27.9 Å². The van der Waals surface area contributed by atoms with Gasteiger partial charge in [0.1, 0.15) is 16.2 Å². The van der Waals surface area contributed by atoms with Gasteiger partial charge in [0.25, 0.3) is 5.91 Å². The minimum Gasteiger partial charge on any atom is -0.344 e. The molecule has 1 atom stereocenters. The van der Waals surface area contributed by atoms with Crippen molar-refractivity contribution in [3.8, 4) is 6.07 Å². The Balaban J connectivity index is 0.00000243. The highest BCUT2D eigenvalue weighted by Gasteiger charge is 2.30. The summed E-state index contributed by atoms with van der Waals surface area (Å²) in [7, 11) is 0. The minimum absolute atomic E-state index is 0. The molecule has 0 bridgehead atoms. The zero-order valence-electron chi connectivity index (χ0n) is 13.7. The first-order chi connectivity index (χ1) is 12.2. The van der Waals surface area contributed by atoms with E-state index >= 15 is 0 Å². The summed E-state index contributed by atoms with van der Waals surface area (Å²) in [6.45, 7) is 0. The third-order valence-electron chi connectivity index (χ3n) is 4.46. The third kappa shape index (κ3) is 4.80. The molecule has 3 rings (SSSR count). The van der Waals surface area contributed by atoms with Crippen LogP contribution in [0.2, 0.25) is 0 Å². The van der Waals surface area contributed by atoms with Crippen molar-refractivity contribution in [3.05, 3.63) is 70.0 Å². The minimum atomic E-state index is -0.356. The van der Waals surface area contributed by atoms with Crippen LogP contribution >= 0.6 is 15.9 Å². The zero-order valence-corrected chi connectivity index (χ0v) is 15.2. The number of nitrogens with one attached hydrogen (secondary N) is 1. The summed E-state index contributed by atoms with van der Waals surface area (Å²) >= 11 is 3.29. The molecule has 1 fully saturated rings.